The minimum atomic E-state index is -0.455. The molecule has 2 unspecified atom stereocenters. The minimum absolute atomic E-state index is 0.176. The minimum Gasteiger partial charge on any atom is -0.444 e. The van der Waals surface area contributed by atoms with Gasteiger partial charge in [-0.15, -0.1) is 0 Å². The topological polar surface area (TPSA) is 50.1 Å². The number of nitrogens with zero attached hydrogens (tertiary/aromatic N) is 4. The van der Waals surface area contributed by atoms with Crippen molar-refractivity contribution in [2.24, 2.45) is 0 Å². The molecule has 6 nitrogen and oxygen atoms in total. The van der Waals surface area contributed by atoms with Crippen LogP contribution in [0.5, 0.6) is 0 Å². The standard InChI is InChI=1S/C18H23BrN4O2/c1-18(2,3)25-17(24)23-13-4-5-14(23)11-21(10-13)15-6-7-20-22-9-12(19)8-16(15)22/h6-9,13-14H,4-5,10-11H2,1-3H3. The van der Waals surface area contributed by atoms with Crippen LogP contribution in [0.4, 0.5) is 10.5 Å². The average Bonchev–Trinajstić information content (AvgIpc) is 3.01. The number of carbonyl (C=O) groups is 1. The van der Waals surface area contributed by atoms with E-state index >= 15 is 0 Å². The van der Waals surface area contributed by atoms with Crippen LogP contribution in [0.3, 0.4) is 0 Å². The fraction of sp³-hybridized carbons (Fsp3) is 0.556. The molecule has 4 rings (SSSR count). The van der Waals surface area contributed by atoms with E-state index in [2.05, 4.69) is 38.1 Å². The van der Waals surface area contributed by atoms with Crippen LogP contribution in [0.25, 0.3) is 5.52 Å². The highest BCUT2D eigenvalue weighted by Crippen LogP contribution is 2.35. The van der Waals surface area contributed by atoms with Gasteiger partial charge >= 0.3 is 6.09 Å². The Labute approximate surface area is 155 Å². The highest BCUT2D eigenvalue weighted by atomic mass is 79.9. The molecule has 4 heterocycles. The van der Waals surface area contributed by atoms with E-state index in [1.54, 1.807) is 0 Å². The van der Waals surface area contributed by atoms with Gasteiger partial charge < -0.3 is 9.64 Å². The summed E-state index contributed by atoms with van der Waals surface area (Å²) in [4.78, 5) is 16.9. The van der Waals surface area contributed by atoms with Crippen molar-refractivity contribution in [2.75, 3.05) is 18.0 Å². The molecule has 2 fully saturated rings. The Kier molecular flexibility index (Phi) is 3.94. The third-order valence-electron chi connectivity index (χ3n) is 4.88. The number of carbonyl (C=O) groups excluding carboxylic acids is 1. The summed E-state index contributed by atoms with van der Waals surface area (Å²) >= 11 is 3.53. The molecule has 0 aromatic carbocycles. The first kappa shape index (κ1) is 16.7. The first-order valence-electron chi connectivity index (χ1n) is 8.71. The summed E-state index contributed by atoms with van der Waals surface area (Å²) in [6.07, 6.45) is 5.69. The van der Waals surface area contributed by atoms with Gasteiger partial charge in [0.2, 0.25) is 0 Å². The van der Waals surface area contributed by atoms with E-state index in [1.807, 2.05) is 42.6 Å². The van der Waals surface area contributed by atoms with Crippen molar-refractivity contribution in [3.8, 4) is 0 Å². The van der Waals surface area contributed by atoms with Crippen molar-refractivity contribution < 1.29 is 9.53 Å². The zero-order valence-corrected chi connectivity index (χ0v) is 16.4. The monoisotopic (exact) mass is 406 g/mol. The Hall–Kier alpha value is -1.76. The van der Waals surface area contributed by atoms with Crippen molar-refractivity contribution in [1.29, 1.82) is 0 Å². The third kappa shape index (κ3) is 3.10. The Bertz CT molecular complexity index is 799. The largest absolute Gasteiger partial charge is 0.444 e. The summed E-state index contributed by atoms with van der Waals surface area (Å²) < 4.78 is 8.53. The molecule has 2 atom stereocenters. The van der Waals surface area contributed by atoms with Crippen LogP contribution >= 0.6 is 15.9 Å². The zero-order chi connectivity index (χ0) is 17.8. The second kappa shape index (κ2) is 5.90. The van der Waals surface area contributed by atoms with E-state index in [9.17, 15) is 4.79 Å². The van der Waals surface area contributed by atoms with Gasteiger partial charge in [-0.3, -0.25) is 4.90 Å². The number of halogens is 1. The lowest BCUT2D eigenvalue weighted by molar-refractivity contribution is 0.0123. The molecule has 2 aliphatic rings. The van der Waals surface area contributed by atoms with Crippen LogP contribution in [-0.4, -0.2) is 51.4 Å². The van der Waals surface area contributed by atoms with Crippen LogP contribution in [0, 0.1) is 0 Å². The van der Waals surface area contributed by atoms with E-state index in [0.717, 1.165) is 35.9 Å². The highest BCUT2D eigenvalue weighted by Gasteiger charge is 2.44. The molecule has 7 heteroatoms. The maximum absolute atomic E-state index is 12.6. The molecule has 2 bridgehead atoms. The van der Waals surface area contributed by atoms with E-state index in [0.29, 0.717) is 0 Å². The summed E-state index contributed by atoms with van der Waals surface area (Å²) in [5, 5.41) is 4.37. The maximum Gasteiger partial charge on any atom is 0.410 e. The number of hydrogen-bond donors (Lipinski definition) is 0. The summed E-state index contributed by atoms with van der Waals surface area (Å²) in [5.41, 5.74) is 1.80. The van der Waals surface area contributed by atoms with Gasteiger partial charge in [-0.2, -0.15) is 5.10 Å². The van der Waals surface area contributed by atoms with Gasteiger partial charge in [-0.05, 0) is 61.7 Å². The number of rotatable bonds is 1. The molecule has 0 N–H and O–H groups in total. The van der Waals surface area contributed by atoms with E-state index in [4.69, 9.17) is 4.74 Å². The van der Waals surface area contributed by atoms with Gasteiger partial charge in [-0.1, -0.05) is 0 Å². The van der Waals surface area contributed by atoms with Crippen molar-refractivity contribution in [1.82, 2.24) is 14.5 Å². The van der Waals surface area contributed by atoms with Gasteiger partial charge in [0.25, 0.3) is 0 Å². The Morgan fingerprint density at radius 1 is 1.28 bits per heavy atom. The van der Waals surface area contributed by atoms with Crippen LogP contribution in [-0.2, 0) is 4.74 Å². The summed E-state index contributed by atoms with van der Waals surface area (Å²) in [7, 11) is 0. The first-order valence-corrected chi connectivity index (χ1v) is 9.50. The Morgan fingerprint density at radius 3 is 2.60 bits per heavy atom. The fourth-order valence-electron chi connectivity index (χ4n) is 3.95. The smallest absolute Gasteiger partial charge is 0.410 e. The SMILES string of the molecule is CC(C)(C)OC(=O)N1C2CCC1CN(c1ccnn3cc(Br)cc13)C2. The number of amides is 1. The molecule has 25 heavy (non-hydrogen) atoms. The van der Waals surface area contributed by atoms with E-state index in [-0.39, 0.29) is 18.2 Å². The number of piperazine rings is 1. The van der Waals surface area contributed by atoms with Gasteiger partial charge in [-0.25, -0.2) is 9.31 Å². The van der Waals surface area contributed by atoms with Gasteiger partial charge in [0.15, 0.2) is 0 Å². The molecule has 0 spiro atoms. The molecule has 2 saturated heterocycles. The molecule has 1 amide bonds. The lowest BCUT2D eigenvalue weighted by atomic mass is 10.1. The normalized spacial score (nSPS) is 23.4. The first-order chi connectivity index (χ1) is 11.8. The van der Waals surface area contributed by atoms with Crippen molar-refractivity contribution in [3.63, 3.8) is 0 Å². The van der Waals surface area contributed by atoms with Crippen LogP contribution in [0.1, 0.15) is 33.6 Å². The highest BCUT2D eigenvalue weighted by molar-refractivity contribution is 9.10. The van der Waals surface area contributed by atoms with Crippen LogP contribution in [0.2, 0.25) is 0 Å². The average molecular weight is 407 g/mol. The molecular formula is C18H23BrN4O2. The number of fused-ring (bicyclic) bond motifs is 3. The molecule has 2 aromatic rings. The molecule has 0 aliphatic carbocycles. The van der Waals surface area contributed by atoms with Crippen LogP contribution in [0.15, 0.2) is 29.0 Å². The number of hydrogen-bond acceptors (Lipinski definition) is 4. The third-order valence-corrected chi connectivity index (χ3v) is 5.31. The summed E-state index contributed by atoms with van der Waals surface area (Å²) in [6.45, 7) is 7.42. The predicted molar refractivity (Wildman–Crippen MR) is 100.0 cm³/mol. The molecule has 2 aliphatic heterocycles. The maximum atomic E-state index is 12.6. The van der Waals surface area contributed by atoms with E-state index < -0.39 is 5.60 Å². The summed E-state index contributed by atoms with van der Waals surface area (Å²) in [5.74, 6) is 0. The fourth-order valence-corrected chi connectivity index (χ4v) is 4.36. The second-order valence-electron chi connectivity index (χ2n) is 7.88. The second-order valence-corrected chi connectivity index (χ2v) is 8.80. The molecule has 134 valence electrons. The number of aromatic nitrogens is 2. The molecular weight excluding hydrogens is 384 g/mol. The quantitative estimate of drug-likeness (QED) is 0.724. The molecule has 0 radical (unpaired) electrons. The van der Waals surface area contributed by atoms with E-state index in [1.165, 1.54) is 5.69 Å². The lowest BCUT2D eigenvalue weighted by Gasteiger charge is -2.42. The van der Waals surface area contributed by atoms with Crippen molar-refractivity contribution in [2.45, 2.75) is 51.3 Å². The van der Waals surface area contributed by atoms with Crippen LogP contribution < -0.4 is 4.90 Å². The van der Waals surface area contributed by atoms with Gasteiger partial charge in [0, 0.05) is 30.0 Å². The zero-order valence-electron chi connectivity index (χ0n) is 14.8. The Morgan fingerprint density at radius 2 is 1.96 bits per heavy atom. The molecule has 2 aromatic heterocycles. The lowest BCUT2D eigenvalue weighted by Crippen LogP contribution is -2.56. The number of anilines is 1. The Balaban J connectivity index is 1.58. The van der Waals surface area contributed by atoms with Crippen molar-refractivity contribution >= 4 is 33.2 Å². The van der Waals surface area contributed by atoms with Gasteiger partial charge in [0.05, 0.1) is 23.3 Å². The molecule has 0 saturated carbocycles. The summed E-state index contributed by atoms with van der Waals surface area (Å²) in [6, 6.07) is 4.56. The van der Waals surface area contributed by atoms with Crippen molar-refractivity contribution in [3.05, 3.63) is 29.0 Å². The predicted octanol–water partition coefficient (Wildman–Crippen LogP) is 3.68. The number of ether oxygens (including phenoxy) is 1. The van der Waals surface area contributed by atoms with Gasteiger partial charge in [0.1, 0.15) is 5.60 Å².